The molecule has 1 rings (SSSR count). The predicted octanol–water partition coefficient (Wildman–Crippen LogP) is 4.03. The summed E-state index contributed by atoms with van der Waals surface area (Å²) in [6, 6.07) is 6.33. The summed E-state index contributed by atoms with van der Waals surface area (Å²) in [4.78, 5) is 0. The van der Waals surface area contributed by atoms with Crippen LogP contribution in [0, 0.1) is 19.8 Å². The van der Waals surface area contributed by atoms with Crippen LogP contribution in [0.2, 0.25) is 0 Å². The molecule has 0 aliphatic heterocycles. The molecule has 0 amide bonds. The van der Waals surface area contributed by atoms with Crippen LogP contribution in [0.5, 0.6) is 5.75 Å². The molecule has 1 nitrogen and oxygen atoms in total. The molecule has 0 saturated carbocycles. The van der Waals surface area contributed by atoms with Crippen LogP contribution in [0.1, 0.15) is 30.9 Å². The number of hydrogen-bond acceptors (Lipinski definition) is 2. The Balaban J connectivity index is 2.55. The van der Waals surface area contributed by atoms with Crippen molar-refractivity contribution in [1.82, 2.24) is 0 Å². The first kappa shape index (κ1) is 13.4. The van der Waals surface area contributed by atoms with Crippen molar-refractivity contribution in [3.8, 4) is 5.75 Å². The molecule has 0 saturated heterocycles. The number of thiol groups is 1. The van der Waals surface area contributed by atoms with Gasteiger partial charge >= 0.3 is 0 Å². The van der Waals surface area contributed by atoms with Crippen molar-refractivity contribution in [2.24, 2.45) is 5.92 Å². The lowest BCUT2D eigenvalue weighted by atomic mass is 10.1. The fraction of sp³-hybridized carbons (Fsp3) is 0.571. The second-order valence-electron chi connectivity index (χ2n) is 4.42. The lowest BCUT2D eigenvalue weighted by molar-refractivity contribution is 0.253. The molecule has 0 spiro atoms. The van der Waals surface area contributed by atoms with Gasteiger partial charge in [0.25, 0.3) is 0 Å². The molecule has 0 fully saturated rings. The van der Waals surface area contributed by atoms with Crippen molar-refractivity contribution in [2.75, 3.05) is 12.4 Å². The second-order valence-corrected chi connectivity index (χ2v) is 4.78. The quantitative estimate of drug-likeness (QED) is 0.736. The van der Waals surface area contributed by atoms with Gasteiger partial charge in [-0.05, 0) is 43.2 Å². The molecule has 0 bridgehead atoms. The Kier molecular flexibility index (Phi) is 5.75. The lowest BCUT2D eigenvalue weighted by Crippen LogP contribution is -2.14. The SMILES string of the molecule is CCCC(CS)COc1cc(C)ccc1C. The van der Waals surface area contributed by atoms with Gasteiger partial charge in [-0.3, -0.25) is 0 Å². The summed E-state index contributed by atoms with van der Waals surface area (Å²) in [6.45, 7) is 7.16. The predicted molar refractivity (Wildman–Crippen MR) is 73.7 cm³/mol. The maximum atomic E-state index is 5.87. The van der Waals surface area contributed by atoms with Crippen molar-refractivity contribution in [2.45, 2.75) is 33.6 Å². The number of ether oxygens (including phenoxy) is 1. The highest BCUT2D eigenvalue weighted by Crippen LogP contribution is 2.20. The highest BCUT2D eigenvalue weighted by Gasteiger charge is 2.07. The van der Waals surface area contributed by atoms with Crippen LogP contribution >= 0.6 is 12.6 Å². The van der Waals surface area contributed by atoms with Gasteiger partial charge in [0, 0.05) is 5.92 Å². The largest absolute Gasteiger partial charge is 0.493 e. The van der Waals surface area contributed by atoms with Gasteiger partial charge in [0.05, 0.1) is 6.61 Å². The standard InChI is InChI=1S/C14H22OS/c1-4-5-13(10-16)9-15-14-8-11(2)6-7-12(14)3/h6-8,13,16H,4-5,9-10H2,1-3H3. The van der Waals surface area contributed by atoms with Gasteiger partial charge in [0.2, 0.25) is 0 Å². The maximum Gasteiger partial charge on any atom is 0.122 e. The van der Waals surface area contributed by atoms with Crippen LogP contribution < -0.4 is 4.74 Å². The minimum absolute atomic E-state index is 0.563. The van der Waals surface area contributed by atoms with E-state index in [4.69, 9.17) is 4.74 Å². The fourth-order valence-electron chi connectivity index (χ4n) is 1.71. The summed E-state index contributed by atoms with van der Waals surface area (Å²) in [5.41, 5.74) is 2.46. The van der Waals surface area contributed by atoms with Gasteiger partial charge in [-0.1, -0.05) is 25.5 Å². The van der Waals surface area contributed by atoms with Crippen molar-refractivity contribution >= 4 is 12.6 Å². The molecule has 2 heteroatoms. The zero-order chi connectivity index (χ0) is 12.0. The molecule has 0 radical (unpaired) electrons. The molecule has 0 aliphatic carbocycles. The number of benzene rings is 1. The maximum absolute atomic E-state index is 5.87. The zero-order valence-electron chi connectivity index (χ0n) is 10.5. The molecular weight excluding hydrogens is 216 g/mol. The lowest BCUT2D eigenvalue weighted by Gasteiger charge is -2.16. The van der Waals surface area contributed by atoms with Crippen LogP contribution in [-0.4, -0.2) is 12.4 Å². The summed E-state index contributed by atoms with van der Waals surface area (Å²) in [5.74, 6) is 2.48. The van der Waals surface area contributed by atoms with E-state index in [1.54, 1.807) is 0 Å². The first-order chi connectivity index (χ1) is 7.67. The van der Waals surface area contributed by atoms with Crippen molar-refractivity contribution in [1.29, 1.82) is 0 Å². The van der Waals surface area contributed by atoms with Gasteiger partial charge < -0.3 is 4.74 Å². The van der Waals surface area contributed by atoms with Crippen molar-refractivity contribution in [3.63, 3.8) is 0 Å². The summed E-state index contributed by atoms with van der Waals surface area (Å²) < 4.78 is 5.87. The molecule has 0 heterocycles. The number of hydrogen-bond donors (Lipinski definition) is 1. The van der Waals surface area contributed by atoms with Gasteiger partial charge in [0.15, 0.2) is 0 Å². The normalized spacial score (nSPS) is 12.5. The average Bonchev–Trinajstić information content (AvgIpc) is 2.28. The Morgan fingerprint density at radius 2 is 2.06 bits per heavy atom. The Morgan fingerprint density at radius 1 is 1.31 bits per heavy atom. The van der Waals surface area contributed by atoms with Crippen LogP contribution in [0.25, 0.3) is 0 Å². The van der Waals surface area contributed by atoms with Gasteiger partial charge in [-0.15, -0.1) is 0 Å². The minimum Gasteiger partial charge on any atom is -0.493 e. The van der Waals surface area contributed by atoms with Gasteiger partial charge in [-0.2, -0.15) is 12.6 Å². The van der Waals surface area contributed by atoms with Crippen LogP contribution in [-0.2, 0) is 0 Å². The summed E-state index contributed by atoms with van der Waals surface area (Å²) in [6.07, 6.45) is 2.38. The topological polar surface area (TPSA) is 9.23 Å². The molecule has 1 aromatic carbocycles. The Morgan fingerprint density at radius 3 is 2.69 bits per heavy atom. The molecule has 0 aliphatic rings. The van der Waals surface area contributed by atoms with E-state index in [9.17, 15) is 0 Å². The van der Waals surface area contributed by atoms with Crippen LogP contribution in [0.3, 0.4) is 0 Å². The van der Waals surface area contributed by atoms with Crippen LogP contribution in [0.15, 0.2) is 18.2 Å². The van der Waals surface area contributed by atoms with Crippen molar-refractivity contribution in [3.05, 3.63) is 29.3 Å². The van der Waals surface area contributed by atoms with E-state index < -0.39 is 0 Å². The minimum atomic E-state index is 0.563. The molecule has 1 aromatic rings. The third-order valence-corrected chi connectivity index (χ3v) is 3.29. The van der Waals surface area contributed by atoms with Crippen molar-refractivity contribution < 1.29 is 4.74 Å². The van der Waals surface area contributed by atoms with Crippen LogP contribution in [0.4, 0.5) is 0 Å². The highest BCUT2D eigenvalue weighted by molar-refractivity contribution is 7.80. The van der Waals surface area contributed by atoms with E-state index in [1.807, 2.05) is 0 Å². The third kappa shape index (κ3) is 4.09. The molecule has 90 valence electrons. The zero-order valence-corrected chi connectivity index (χ0v) is 11.4. The third-order valence-electron chi connectivity index (χ3n) is 2.77. The molecule has 0 N–H and O–H groups in total. The molecular formula is C14H22OS. The summed E-state index contributed by atoms with van der Waals surface area (Å²) in [5, 5.41) is 0. The Hall–Kier alpha value is -0.630. The average molecular weight is 238 g/mol. The van der Waals surface area contributed by atoms with Gasteiger partial charge in [0.1, 0.15) is 5.75 Å². The van der Waals surface area contributed by atoms with E-state index in [0.717, 1.165) is 18.1 Å². The Labute approximate surface area is 105 Å². The van der Waals surface area contributed by atoms with E-state index in [1.165, 1.54) is 24.0 Å². The number of rotatable bonds is 6. The smallest absolute Gasteiger partial charge is 0.122 e. The molecule has 1 unspecified atom stereocenters. The monoisotopic (exact) mass is 238 g/mol. The van der Waals surface area contributed by atoms with Gasteiger partial charge in [-0.25, -0.2) is 0 Å². The van der Waals surface area contributed by atoms with E-state index in [-0.39, 0.29) is 0 Å². The summed E-state index contributed by atoms with van der Waals surface area (Å²) in [7, 11) is 0. The van der Waals surface area contributed by atoms with E-state index in [0.29, 0.717) is 5.92 Å². The first-order valence-electron chi connectivity index (χ1n) is 5.98. The highest BCUT2D eigenvalue weighted by atomic mass is 32.1. The molecule has 1 atom stereocenters. The second kappa shape index (κ2) is 6.85. The fourth-order valence-corrected chi connectivity index (χ4v) is 1.99. The van der Waals surface area contributed by atoms with E-state index in [2.05, 4.69) is 51.6 Å². The summed E-state index contributed by atoms with van der Waals surface area (Å²) >= 11 is 4.36. The Bertz CT molecular complexity index is 323. The van der Waals surface area contributed by atoms with E-state index >= 15 is 0 Å². The molecule has 0 aromatic heterocycles. The molecule has 16 heavy (non-hydrogen) atoms. The number of aryl methyl sites for hydroxylation is 2. The first-order valence-corrected chi connectivity index (χ1v) is 6.61.